The molecule has 0 spiro atoms. The van der Waals surface area contributed by atoms with Gasteiger partial charge in [0.1, 0.15) is 10.1 Å². The van der Waals surface area contributed by atoms with Gasteiger partial charge in [-0.3, -0.25) is 0 Å². The van der Waals surface area contributed by atoms with Crippen molar-refractivity contribution in [1.29, 1.82) is 0 Å². The summed E-state index contributed by atoms with van der Waals surface area (Å²) in [6, 6.07) is 5.50. The Morgan fingerprint density at radius 1 is 1.54 bits per heavy atom. The van der Waals surface area contributed by atoms with Gasteiger partial charge in [-0.2, -0.15) is 4.99 Å². The summed E-state index contributed by atoms with van der Waals surface area (Å²) >= 11 is 3.25. The molecule has 0 aromatic carbocycles. The van der Waals surface area contributed by atoms with Crippen LogP contribution < -0.4 is 0 Å². The first kappa shape index (κ1) is 10.1. The third kappa shape index (κ3) is 2.47. The lowest BCUT2D eigenvalue weighted by atomic mass is 10.0. The molecule has 0 unspecified atom stereocenters. The minimum Gasteiger partial charge on any atom is -0.243 e. The van der Waals surface area contributed by atoms with Gasteiger partial charge in [0.2, 0.25) is 6.08 Å². The molecule has 1 rings (SSSR count). The summed E-state index contributed by atoms with van der Waals surface area (Å²) in [5, 5.41) is 0. The van der Waals surface area contributed by atoms with E-state index in [4.69, 9.17) is 0 Å². The van der Waals surface area contributed by atoms with E-state index < -0.39 is 5.54 Å². The Morgan fingerprint density at radius 3 is 2.77 bits per heavy atom. The molecule has 0 amide bonds. The van der Waals surface area contributed by atoms with E-state index >= 15 is 0 Å². The molecule has 0 fully saturated rings. The number of aliphatic imine (C=N–C) groups is 1. The highest BCUT2D eigenvalue weighted by atomic mass is 79.9. The number of halogens is 1. The van der Waals surface area contributed by atoms with Crippen LogP contribution in [0.5, 0.6) is 0 Å². The number of pyridine rings is 1. The summed E-state index contributed by atoms with van der Waals surface area (Å²) in [6.45, 7) is 3.62. The third-order valence-corrected chi connectivity index (χ3v) is 2.11. The van der Waals surface area contributed by atoms with Gasteiger partial charge >= 0.3 is 0 Å². The maximum atomic E-state index is 10.1. The Morgan fingerprint density at radius 2 is 2.23 bits per heavy atom. The molecule has 3 nitrogen and oxygen atoms in total. The minimum atomic E-state index is -0.606. The molecule has 0 atom stereocenters. The van der Waals surface area contributed by atoms with Gasteiger partial charge in [-0.25, -0.2) is 9.78 Å². The predicted molar refractivity (Wildman–Crippen MR) is 53.1 cm³/mol. The lowest BCUT2D eigenvalue weighted by Crippen LogP contribution is -2.15. The molecule has 0 aliphatic carbocycles. The summed E-state index contributed by atoms with van der Waals surface area (Å²) in [5.41, 5.74) is 0.135. The second-order valence-electron chi connectivity index (χ2n) is 3.11. The molecule has 1 aromatic heterocycles. The smallest absolute Gasteiger partial charge is 0.235 e. The summed E-state index contributed by atoms with van der Waals surface area (Å²) in [7, 11) is 0. The van der Waals surface area contributed by atoms with E-state index in [-0.39, 0.29) is 0 Å². The minimum absolute atomic E-state index is 0.606. The molecule has 0 aliphatic heterocycles. The second-order valence-corrected chi connectivity index (χ2v) is 3.92. The number of nitrogens with zero attached hydrogens (tertiary/aromatic N) is 2. The fourth-order valence-corrected chi connectivity index (χ4v) is 1.26. The van der Waals surface area contributed by atoms with Crippen LogP contribution in [0.1, 0.15) is 19.5 Å². The molecule has 1 heterocycles. The van der Waals surface area contributed by atoms with Crippen LogP contribution in [0, 0.1) is 0 Å². The van der Waals surface area contributed by atoms with E-state index in [1.807, 2.05) is 32.0 Å². The van der Waals surface area contributed by atoms with Crippen LogP contribution in [-0.4, -0.2) is 11.1 Å². The van der Waals surface area contributed by atoms with Gasteiger partial charge in [0.25, 0.3) is 0 Å². The average Bonchev–Trinajstić information content (AvgIpc) is 2.04. The molecule has 0 radical (unpaired) electrons. The largest absolute Gasteiger partial charge is 0.243 e. The highest BCUT2D eigenvalue weighted by Gasteiger charge is 2.20. The van der Waals surface area contributed by atoms with Crippen molar-refractivity contribution in [3.8, 4) is 0 Å². The van der Waals surface area contributed by atoms with Gasteiger partial charge in [0.05, 0.1) is 5.69 Å². The lowest BCUT2D eigenvalue weighted by Gasteiger charge is -2.16. The molecule has 0 aliphatic rings. The van der Waals surface area contributed by atoms with Gasteiger partial charge in [-0.1, -0.05) is 6.07 Å². The molecule has 0 bridgehead atoms. The molecule has 68 valence electrons. The normalized spacial score (nSPS) is 10.7. The third-order valence-electron chi connectivity index (χ3n) is 1.67. The van der Waals surface area contributed by atoms with Crippen LogP contribution in [0.2, 0.25) is 0 Å². The Balaban J connectivity index is 3.13. The topological polar surface area (TPSA) is 42.3 Å². The molecule has 4 heteroatoms. The number of carbonyl (C=O) groups excluding carboxylic acids is 1. The van der Waals surface area contributed by atoms with Crippen LogP contribution in [0.25, 0.3) is 0 Å². The van der Waals surface area contributed by atoms with E-state index in [1.165, 1.54) is 0 Å². The van der Waals surface area contributed by atoms with Crippen molar-refractivity contribution in [3.63, 3.8) is 0 Å². The van der Waals surface area contributed by atoms with E-state index in [2.05, 4.69) is 25.9 Å². The summed E-state index contributed by atoms with van der Waals surface area (Å²) < 4.78 is 0.735. The molecule has 0 saturated heterocycles. The highest BCUT2D eigenvalue weighted by Crippen LogP contribution is 2.23. The van der Waals surface area contributed by atoms with Crippen LogP contribution in [0.15, 0.2) is 27.8 Å². The van der Waals surface area contributed by atoms with Crippen molar-refractivity contribution in [3.05, 3.63) is 28.5 Å². The van der Waals surface area contributed by atoms with Crippen LogP contribution in [-0.2, 0) is 10.3 Å². The second kappa shape index (κ2) is 3.81. The Hall–Kier alpha value is -0.990. The standard InChI is InChI=1S/C9H9BrN2O/c1-9(2,11-6-13)7-4-3-5-8(10)12-7/h3-5H,1-2H3. The maximum absolute atomic E-state index is 10.1. The van der Waals surface area contributed by atoms with E-state index in [0.717, 1.165) is 10.3 Å². The first-order valence-corrected chi connectivity index (χ1v) is 4.57. The van der Waals surface area contributed by atoms with Crippen LogP contribution >= 0.6 is 15.9 Å². The summed E-state index contributed by atoms with van der Waals surface area (Å²) in [6.07, 6.45) is 1.55. The van der Waals surface area contributed by atoms with E-state index in [1.54, 1.807) is 6.08 Å². The Labute approximate surface area is 85.0 Å². The van der Waals surface area contributed by atoms with Crippen molar-refractivity contribution in [2.24, 2.45) is 4.99 Å². The summed E-state index contributed by atoms with van der Waals surface area (Å²) in [4.78, 5) is 18.0. The number of hydrogen-bond donors (Lipinski definition) is 0. The first-order chi connectivity index (χ1) is 6.06. The molecular weight excluding hydrogens is 232 g/mol. The van der Waals surface area contributed by atoms with Gasteiger partial charge in [-0.15, -0.1) is 0 Å². The fraction of sp³-hybridized carbons (Fsp3) is 0.333. The molecule has 1 aromatic rings. The zero-order valence-electron chi connectivity index (χ0n) is 7.41. The molecular formula is C9H9BrN2O. The SMILES string of the molecule is CC(C)(N=C=O)c1cccc(Br)n1. The van der Waals surface area contributed by atoms with Crippen molar-refractivity contribution in [2.45, 2.75) is 19.4 Å². The Bertz CT molecular complexity index is 356. The van der Waals surface area contributed by atoms with Crippen molar-refractivity contribution in [2.75, 3.05) is 0 Å². The first-order valence-electron chi connectivity index (χ1n) is 3.78. The van der Waals surface area contributed by atoms with Crippen molar-refractivity contribution in [1.82, 2.24) is 4.98 Å². The van der Waals surface area contributed by atoms with Gasteiger partial charge in [0.15, 0.2) is 0 Å². The van der Waals surface area contributed by atoms with Crippen molar-refractivity contribution < 1.29 is 4.79 Å². The van der Waals surface area contributed by atoms with E-state index in [9.17, 15) is 4.79 Å². The number of aromatic nitrogens is 1. The van der Waals surface area contributed by atoms with Gasteiger partial charge < -0.3 is 0 Å². The molecule has 13 heavy (non-hydrogen) atoms. The number of isocyanates is 1. The van der Waals surface area contributed by atoms with Crippen molar-refractivity contribution >= 4 is 22.0 Å². The van der Waals surface area contributed by atoms with Crippen LogP contribution in [0.3, 0.4) is 0 Å². The summed E-state index contributed by atoms with van der Waals surface area (Å²) in [5.74, 6) is 0. The van der Waals surface area contributed by atoms with Gasteiger partial charge in [0, 0.05) is 0 Å². The van der Waals surface area contributed by atoms with E-state index in [0.29, 0.717) is 0 Å². The zero-order valence-corrected chi connectivity index (χ0v) is 9.00. The molecule has 0 saturated carbocycles. The monoisotopic (exact) mass is 240 g/mol. The average molecular weight is 241 g/mol. The Kier molecular flexibility index (Phi) is 2.96. The highest BCUT2D eigenvalue weighted by molar-refractivity contribution is 9.10. The van der Waals surface area contributed by atoms with Crippen LogP contribution in [0.4, 0.5) is 0 Å². The maximum Gasteiger partial charge on any atom is 0.235 e. The predicted octanol–water partition coefficient (Wildman–Crippen LogP) is 2.42. The van der Waals surface area contributed by atoms with Gasteiger partial charge in [-0.05, 0) is 41.9 Å². The number of rotatable bonds is 2. The lowest BCUT2D eigenvalue weighted by molar-refractivity contribution is 0.512. The fourth-order valence-electron chi connectivity index (χ4n) is 0.920. The number of hydrogen-bond acceptors (Lipinski definition) is 3. The molecule has 0 N–H and O–H groups in total. The zero-order chi connectivity index (χ0) is 9.90. The quantitative estimate of drug-likeness (QED) is 0.453.